The Morgan fingerprint density at radius 2 is 1.78 bits per heavy atom. The fourth-order valence-corrected chi connectivity index (χ4v) is 4.44. The highest BCUT2D eigenvalue weighted by Crippen LogP contribution is 2.31. The Morgan fingerprint density at radius 1 is 1.00 bits per heavy atom. The fraction of sp³-hybridized carbons (Fsp3) is 0.238. The zero-order valence-corrected chi connectivity index (χ0v) is 15.7. The quantitative estimate of drug-likeness (QED) is 0.712. The Labute approximate surface area is 161 Å². The third-order valence-corrected chi connectivity index (χ3v) is 5.99. The average molecular weight is 379 g/mol. The molecule has 0 bridgehead atoms. The largest absolute Gasteiger partial charge is 0.370 e. The van der Waals surface area contributed by atoms with E-state index in [1.54, 1.807) is 12.1 Å². The van der Waals surface area contributed by atoms with E-state index in [1.165, 1.54) is 17.8 Å². The van der Waals surface area contributed by atoms with Crippen LogP contribution in [0.3, 0.4) is 0 Å². The molecule has 1 aliphatic heterocycles. The number of nitrogens with two attached hydrogens (primary N) is 1. The second kappa shape index (κ2) is 7.40. The van der Waals surface area contributed by atoms with Crippen molar-refractivity contribution in [1.82, 2.24) is 0 Å². The number of anilines is 2. The minimum atomic E-state index is -0.502. The Bertz CT molecular complexity index is 973. The van der Waals surface area contributed by atoms with Crippen molar-refractivity contribution in [1.29, 1.82) is 0 Å². The van der Waals surface area contributed by atoms with Crippen LogP contribution in [0, 0.1) is 0 Å². The van der Waals surface area contributed by atoms with Gasteiger partial charge in [-0.3, -0.25) is 9.59 Å². The minimum absolute atomic E-state index is 0.170. The maximum absolute atomic E-state index is 12.9. The number of amides is 2. The lowest BCUT2D eigenvalue weighted by Crippen LogP contribution is -2.30. The molecule has 0 radical (unpaired) electrons. The molecular weight excluding hydrogens is 358 g/mol. The third-order valence-electron chi connectivity index (χ3n) is 4.88. The van der Waals surface area contributed by atoms with Gasteiger partial charge in [-0.2, -0.15) is 0 Å². The minimum Gasteiger partial charge on any atom is -0.370 e. The number of nitrogens with zero attached hydrogens (tertiary/aromatic N) is 1. The molecule has 2 amide bonds. The van der Waals surface area contributed by atoms with Gasteiger partial charge >= 0.3 is 0 Å². The van der Waals surface area contributed by atoms with E-state index in [2.05, 4.69) is 10.2 Å². The highest BCUT2D eigenvalue weighted by molar-refractivity contribution is 7.20. The summed E-state index contributed by atoms with van der Waals surface area (Å²) >= 11 is 1.46. The van der Waals surface area contributed by atoms with Crippen LogP contribution in [-0.2, 0) is 0 Å². The summed E-state index contributed by atoms with van der Waals surface area (Å²) in [6.07, 6.45) is 3.47. The topological polar surface area (TPSA) is 75.4 Å². The highest BCUT2D eigenvalue weighted by Gasteiger charge is 2.19. The summed E-state index contributed by atoms with van der Waals surface area (Å²) in [5, 5.41) is 4.05. The van der Waals surface area contributed by atoms with E-state index >= 15 is 0 Å². The molecule has 2 heterocycles. The van der Waals surface area contributed by atoms with Gasteiger partial charge in [0.25, 0.3) is 5.91 Å². The molecular formula is C21H21N3O2S. The first-order valence-electron chi connectivity index (χ1n) is 9.10. The Hall–Kier alpha value is -2.86. The molecule has 3 N–H and O–H groups in total. The van der Waals surface area contributed by atoms with Gasteiger partial charge in [-0.05, 0) is 55.0 Å². The number of benzene rings is 2. The van der Waals surface area contributed by atoms with E-state index in [9.17, 15) is 9.59 Å². The number of rotatable bonds is 4. The lowest BCUT2D eigenvalue weighted by Gasteiger charge is -2.30. The second-order valence-corrected chi connectivity index (χ2v) is 7.83. The van der Waals surface area contributed by atoms with Crippen LogP contribution in [0.25, 0.3) is 10.1 Å². The van der Waals surface area contributed by atoms with E-state index < -0.39 is 5.91 Å². The summed E-state index contributed by atoms with van der Waals surface area (Å²) in [6.45, 7) is 1.89. The van der Waals surface area contributed by atoms with Crippen LogP contribution in [0.15, 0.2) is 48.5 Å². The van der Waals surface area contributed by atoms with Crippen molar-refractivity contribution in [3.8, 4) is 0 Å². The Balaban J connectivity index is 1.66. The molecule has 138 valence electrons. The SMILES string of the molecule is NC(=O)c1ccc(N2CCCCC2)c(NC(=O)c2cc3ccccc3s2)c1. The number of piperidine rings is 1. The summed E-state index contributed by atoms with van der Waals surface area (Å²) < 4.78 is 1.07. The molecule has 3 aromatic rings. The number of carbonyl (C=O) groups is 2. The van der Waals surface area contributed by atoms with Crippen LogP contribution >= 0.6 is 11.3 Å². The molecule has 1 aromatic heterocycles. The van der Waals surface area contributed by atoms with E-state index in [1.807, 2.05) is 36.4 Å². The average Bonchev–Trinajstić information content (AvgIpc) is 3.13. The number of primary amides is 1. The second-order valence-electron chi connectivity index (χ2n) is 6.75. The number of thiophene rings is 1. The molecule has 2 aromatic carbocycles. The first kappa shape index (κ1) is 17.5. The van der Waals surface area contributed by atoms with Gasteiger partial charge in [0, 0.05) is 23.4 Å². The third kappa shape index (κ3) is 3.66. The van der Waals surface area contributed by atoms with Gasteiger partial charge < -0.3 is 16.0 Å². The molecule has 0 unspecified atom stereocenters. The maximum Gasteiger partial charge on any atom is 0.265 e. The van der Waals surface area contributed by atoms with Gasteiger partial charge in [0.2, 0.25) is 5.91 Å². The van der Waals surface area contributed by atoms with Gasteiger partial charge in [0.05, 0.1) is 16.3 Å². The van der Waals surface area contributed by atoms with Gasteiger partial charge in [0.15, 0.2) is 0 Å². The summed E-state index contributed by atoms with van der Waals surface area (Å²) in [5.41, 5.74) is 7.41. The molecule has 1 saturated heterocycles. The molecule has 1 aliphatic rings. The van der Waals surface area contributed by atoms with E-state index in [-0.39, 0.29) is 5.91 Å². The number of carbonyl (C=O) groups excluding carboxylic acids is 2. The standard InChI is InChI=1S/C21H21N3O2S/c22-20(25)15-8-9-17(24-10-4-1-5-11-24)16(12-15)23-21(26)19-13-14-6-2-3-7-18(14)27-19/h2-3,6-9,12-13H,1,4-5,10-11H2,(H2,22,25)(H,23,26). The molecule has 0 saturated carbocycles. The molecule has 4 rings (SSSR count). The number of hydrogen-bond donors (Lipinski definition) is 2. The summed E-state index contributed by atoms with van der Waals surface area (Å²) in [4.78, 5) is 27.4. The molecule has 0 spiro atoms. The Morgan fingerprint density at radius 3 is 2.52 bits per heavy atom. The van der Waals surface area contributed by atoms with Crippen LogP contribution < -0.4 is 16.0 Å². The normalized spacial score (nSPS) is 14.3. The smallest absolute Gasteiger partial charge is 0.265 e. The van der Waals surface area contributed by atoms with Gasteiger partial charge in [-0.25, -0.2) is 0 Å². The van der Waals surface area contributed by atoms with Gasteiger partial charge in [-0.15, -0.1) is 11.3 Å². The predicted octanol–water partition coefficient (Wildman–Crippen LogP) is 4.24. The lowest BCUT2D eigenvalue weighted by molar-refractivity contribution is 0.0996. The van der Waals surface area contributed by atoms with E-state index in [0.717, 1.165) is 41.7 Å². The Kier molecular flexibility index (Phi) is 4.81. The van der Waals surface area contributed by atoms with E-state index in [0.29, 0.717) is 16.1 Å². The monoisotopic (exact) mass is 379 g/mol. The maximum atomic E-state index is 12.9. The van der Waals surface area contributed by atoms with Crippen molar-refractivity contribution in [3.63, 3.8) is 0 Å². The van der Waals surface area contributed by atoms with Crippen molar-refractivity contribution in [2.45, 2.75) is 19.3 Å². The molecule has 0 aliphatic carbocycles. The fourth-order valence-electron chi connectivity index (χ4n) is 3.48. The molecule has 1 fully saturated rings. The first-order valence-corrected chi connectivity index (χ1v) is 9.92. The number of fused-ring (bicyclic) bond motifs is 1. The van der Waals surface area contributed by atoms with Crippen LogP contribution in [0.5, 0.6) is 0 Å². The van der Waals surface area contributed by atoms with Crippen LogP contribution in [0.4, 0.5) is 11.4 Å². The van der Waals surface area contributed by atoms with Crippen molar-refractivity contribution in [2.75, 3.05) is 23.3 Å². The zero-order chi connectivity index (χ0) is 18.8. The summed E-state index contributed by atoms with van der Waals surface area (Å²) in [7, 11) is 0. The van der Waals surface area contributed by atoms with Gasteiger partial charge in [0.1, 0.15) is 0 Å². The predicted molar refractivity (Wildman–Crippen MR) is 111 cm³/mol. The number of hydrogen-bond acceptors (Lipinski definition) is 4. The van der Waals surface area contributed by atoms with Crippen molar-refractivity contribution in [2.24, 2.45) is 5.73 Å². The summed E-state index contributed by atoms with van der Waals surface area (Å²) in [5.74, 6) is -0.673. The van der Waals surface area contributed by atoms with E-state index in [4.69, 9.17) is 5.73 Å². The van der Waals surface area contributed by atoms with Crippen molar-refractivity contribution in [3.05, 3.63) is 59.0 Å². The van der Waals surface area contributed by atoms with Crippen LogP contribution in [-0.4, -0.2) is 24.9 Å². The van der Waals surface area contributed by atoms with Crippen molar-refractivity contribution < 1.29 is 9.59 Å². The van der Waals surface area contributed by atoms with Crippen LogP contribution in [0.2, 0.25) is 0 Å². The lowest BCUT2D eigenvalue weighted by atomic mass is 10.1. The first-order chi connectivity index (χ1) is 13.1. The zero-order valence-electron chi connectivity index (χ0n) is 14.9. The molecule has 5 nitrogen and oxygen atoms in total. The molecule has 27 heavy (non-hydrogen) atoms. The van der Waals surface area contributed by atoms with Crippen molar-refractivity contribution >= 4 is 44.6 Å². The van der Waals surface area contributed by atoms with Gasteiger partial charge in [-0.1, -0.05) is 18.2 Å². The number of nitrogens with one attached hydrogen (secondary N) is 1. The van der Waals surface area contributed by atoms with Crippen LogP contribution in [0.1, 0.15) is 39.3 Å². The molecule has 0 atom stereocenters. The summed E-state index contributed by atoms with van der Waals surface area (Å²) in [6, 6.07) is 15.1. The highest BCUT2D eigenvalue weighted by atomic mass is 32.1. The molecule has 6 heteroatoms.